The Morgan fingerprint density at radius 2 is 1.52 bits per heavy atom. The van der Waals surface area contributed by atoms with Crippen LogP contribution >= 0.6 is 0 Å². The van der Waals surface area contributed by atoms with E-state index in [1.54, 1.807) is 6.92 Å². The zero-order chi connectivity index (χ0) is 15.7. The van der Waals surface area contributed by atoms with Crippen molar-refractivity contribution in [3.8, 4) is 0 Å². The van der Waals surface area contributed by atoms with Gasteiger partial charge < -0.3 is 40.1 Å². The summed E-state index contributed by atoms with van der Waals surface area (Å²) in [6, 6.07) is 0. The van der Waals surface area contributed by atoms with Crippen LogP contribution in [0.4, 0.5) is 0 Å². The highest BCUT2D eigenvalue weighted by atomic mass is 16.6. The fourth-order valence-corrected chi connectivity index (χ4v) is 3.06. The highest BCUT2D eigenvalue weighted by Gasteiger charge is 2.45. The van der Waals surface area contributed by atoms with Crippen molar-refractivity contribution in [1.29, 1.82) is 0 Å². The molecular formula is C13H24O8. The van der Waals surface area contributed by atoms with E-state index >= 15 is 0 Å². The minimum atomic E-state index is -1.32. The van der Waals surface area contributed by atoms with E-state index in [0.717, 1.165) is 0 Å². The molecule has 2 aliphatic heterocycles. The first-order valence-corrected chi connectivity index (χ1v) is 7.17. The quantitative estimate of drug-likeness (QED) is 0.331. The van der Waals surface area contributed by atoms with Gasteiger partial charge in [0.1, 0.15) is 24.4 Å². The van der Waals surface area contributed by atoms with Crippen molar-refractivity contribution in [2.24, 2.45) is 5.92 Å². The summed E-state index contributed by atoms with van der Waals surface area (Å²) in [6.45, 7) is 1.15. The van der Waals surface area contributed by atoms with Gasteiger partial charge in [-0.05, 0) is 19.3 Å². The molecule has 2 saturated heterocycles. The molecule has 0 aromatic rings. The van der Waals surface area contributed by atoms with Crippen molar-refractivity contribution >= 4 is 0 Å². The van der Waals surface area contributed by atoms with Gasteiger partial charge in [0.05, 0.1) is 24.9 Å². The first-order valence-electron chi connectivity index (χ1n) is 7.17. The molecule has 9 atom stereocenters. The highest BCUT2D eigenvalue weighted by Crippen LogP contribution is 2.32. The van der Waals surface area contributed by atoms with E-state index in [1.807, 2.05) is 0 Å². The molecule has 21 heavy (non-hydrogen) atoms. The molecular weight excluding hydrogens is 284 g/mol. The molecule has 6 N–H and O–H groups in total. The SMILES string of the molecule is C[C@@H]1O[C@@H](C[C@@H]2C[C@H](O)O[C@H](CO)[C@H]2O)[C@@H](O)[C@H](O)[C@@H]1O. The molecule has 0 amide bonds. The predicted molar refractivity (Wildman–Crippen MR) is 69.1 cm³/mol. The summed E-state index contributed by atoms with van der Waals surface area (Å²) in [5.74, 6) is -0.458. The highest BCUT2D eigenvalue weighted by molar-refractivity contribution is 4.93. The van der Waals surface area contributed by atoms with Gasteiger partial charge in [-0.2, -0.15) is 0 Å². The topological polar surface area (TPSA) is 140 Å². The molecule has 2 heterocycles. The molecule has 0 aromatic carbocycles. The molecule has 8 heteroatoms. The van der Waals surface area contributed by atoms with Gasteiger partial charge in [-0.1, -0.05) is 0 Å². The smallest absolute Gasteiger partial charge is 0.155 e. The Kier molecular flexibility index (Phi) is 5.55. The lowest BCUT2D eigenvalue weighted by atomic mass is 9.83. The summed E-state index contributed by atoms with van der Waals surface area (Å²) in [6.07, 6.45) is -7.90. The summed E-state index contributed by atoms with van der Waals surface area (Å²) in [5, 5.41) is 58.2. The fraction of sp³-hybridized carbons (Fsp3) is 1.00. The first-order chi connectivity index (χ1) is 9.85. The molecule has 0 bridgehead atoms. The van der Waals surface area contributed by atoms with Crippen LogP contribution < -0.4 is 0 Å². The molecule has 124 valence electrons. The van der Waals surface area contributed by atoms with Crippen molar-refractivity contribution in [1.82, 2.24) is 0 Å². The number of aliphatic hydroxyl groups is 6. The molecule has 0 aromatic heterocycles. The number of ether oxygens (including phenoxy) is 2. The van der Waals surface area contributed by atoms with E-state index in [-0.39, 0.29) is 12.8 Å². The third-order valence-corrected chi connectivity index (χ3v) is 4.37. The van der Waals surface area contributed by atoms with Crippen molar-refractivity contribution in [3.05, 3.63) is 0 Å². The van der Waals surface area contributed by atoms with Crippen LogP contribution in [0.2, 0.25) is 0 Å². The van der Waals surface area contributed by atoms with Crippen LogP contribution in [-0.2, 0) is 9.47 Å². The maximum Gasteiger partial charge on any atom is 0.155 e. The fourth-order valence-electron chi connectivity index (χ4n) is 3.06. The Bertz CT molecular complexity index is 332. The Balaban J connectivity index is 2.02. The van der Waals surface area contributed by atoms with E-state index in [9.17, 15) is 25.5 Å². The average molecular weight is 308 g/mol. The zero-order valence-electron chi connectivity index (χ0n) is 11.8. The second kappa shape index (κ2) is 6.84. The van der Waals surface area contributed by atoms with Crippen LogP contribution in [0.25, 0.3) is 0 Å². The Hall–Kier alpha value is -0.320. The van der Waals surface area contributed by atoms with Crippen LogP contribution in [0.5, 0.6) is 0 Å². The minimum absolute atomic E-state index is 0.136. The number of aliphatic hydroxyl groups excluding tert-OH is 6. The maximum atomic E-state index is 10.1. The third kappa shape index (κ3) is 3.54. The molecule has 2 fully saturated rings. The van der Waals surface area contributed by atoms with Crippen molar-refractivity contribution in [2.75, 3.05) is 6.61 Å². The lowest BCUT2D eigenvalue weighted by Crippen LogP contribution is -2.58. The van der Waals surface area contributed by atoms with Gasteiger partial charge in [-0.25, -0.2) is 0 Å². The molecule has 0 radical (unpaired) electrons. The van der Waals surface area contributed by atoms with Gasteiger partial charge >= 0.3 is 0 Å². The average Bonchev–Trinajstić information content (AvgIpc) is 2.45. The predicted octanol–water partition coefficient (Wildman–Crippen LogP) is -2.68. The Labute approximate surface area is 122 Å². The van der Waals surface area contributed by atoms with Crippen molar-refractivity contribution < 1.29 is 40.1 Å². The van der Waals surface area contributed by atoms with Crippen LogP contribution in [0.1, 0.15) is 19.8 Å². The van der Waals surface area contributed by atoms with Gasteiger partial charge in [0, 0.05) is 6.42 Å². The van der Waals surface area contributed by atoms with Crippen LogP contribution in [0.3, 0.4) is 0 Å². The second-order valence-electron chi connectivity index (χ2n) is 5.89. The minimum Gasteiger partial charge on any atom is -0.394 e. The monoisotopic (exact) mass is 308 g/mol. The van der Waals surface area contributed by atoms with Gasteiger partial charge in [0.15, 0.2) is 6.29 Å². The molecule has 8 nitrogen and oxygen atoms in total. The normalized spacial score (nSPS) is 51.9. The lowest BCUT2D eigenvalue weighted by Gasteiger charge is -2.43. The molecule has 0 saturated carbocycles. The van der Waals surface area contributed by atoms with Crippen LogP contribution in [0, 0.1) is 5.92 Å². The van der Waals surface area contributed by atoms with Gasteiger partial charge in [-0.3, -0.25) is 0 Å². The largest absolute Gasteiger partial charge is 0.394 e. The molecule has 0 aliphatic carbocycles. The molecule has 2 aliphatic rings. The summed E-state index contributed by atoms with van der Waals surface area (Å²) in [7, 11) is 0. The number of hydrogen-bond acceptors (Lipinski definition) is 8. The maximum absolute atomic E-state index is 10.1. The van der Waals surface area contributed by atoms with E-state index < -0.39 is 61.5 Å². The summed E-state index contributed by atoms with van der Waals surface area (Å²) < 4.78 is 10.5. The summed E-state index contributed by atoms with van der Waals surface area (Å²) >= 11 is 0. The van der Waals surface area contributed by atoms with E-state index in [2.05, 4.69) is 0 Å². The second-order valence-corrected chi connectivity index (χ2v) is 5.89. The van der Waals surface area contributed by atoms with Gasteiger partial charge in [0.2, 0.25) is 0 Å². The summed E-state index contributed by atoms with van der Waals surface area (Å²) in [5.41, 5.74) is 0. The van der Waals surface area contributed by atoms with E-state index in [1.165, 1.54) is 0 Å². The zero-order valence-corrected chi connectivity index (χ0v) is 11.8. The molecule has 0 spiro atoms. The first kappa shape index (κ1) is 17.0. The number of rotatable bonds is 3. The molecule has 0 unspecified atom stereocenters. The van der Waals surface area contributed by atoms with Gasteiger partial charge in [0.25, 0.3) is 0 Å². The van der Waals surface area contributed by atoms with Gasteiger partial charge in [-0.15, -0.1) is 0 Å². The van der Waals surface area contributed by atoms with Crippen LogP contribution in [0.15, 0.2) is 0 Å². The Morgan fingerprint density at radius 3 is 2.14 bits per heavy atom. The Morgan fingerprint density at radius 1 is 0.857 bits per heavy atom. The lowest BCUT2D eigenvalue weighted by molar-refractivity contribution is -0.247. The van der Waals surface area contributed by atoms with Crippen LogP contribution in [-0.4, -0.2) is 86.3 Å². The summed E-state index contributed by atoms with van der Waals surface area (Å²) in [4.78, 5) is 0. The number of hydrogen-bond donors (Lipinski definition) is 6. The molecule has 2 rings (SSSR count). The third-order valence-electron chi connectivity index (χ3n) is 4.37. The van der Waals surface area contributed by atoms with E-state index in [4.69, 9.17) is 14.6 Å². The van der Waals surface area contributed by atoms with Crippen molar-refractivity contribution in [3.63, 3.8) is 0 Å². The standard InChI is InChI=1S/C13H24O8/c1-5-10(16)13(19)12(18)7(20-5)2-6-3-9(15)21-8(4-14)11(6)17/h5-19H,2-4H2,1H3/t5-,6+,7-,8+,9+,10+,11-,12+,13+/m0/s1. The van der Waals surface area contributed by atoms with Crippen molar-refractivity contribution in [2.45, 2.75) is 68.8 Å². The van der Waals surface area contributed by atoms with E-state index in [0.29, 0.717) is 0 Å².